The first-order valence-corrected chi connectivity index (χ1v) is 4.79. The molecule has 0 aliphatic heterocycles. The molecule has 0 amide bonds. The van der Waals surface area contributed by atoms with Crippen molar-refractivity contribution in [3.8, 4) is 0 Å². The summed E-state index contributed by atoms with van der Waals surface area (Å²) >= 11 is 8.78. The lowest BCUT2D eigenvalue weighted by atomic mass is 10.3. The van der Waals surface area contributed by atoms with E-state index in [1.54, 1.807) is 5.54 Å². The van der Waals surface area contributed by atoms with Crippen LogP contribution in [-0.2, 0) is 0 Å². The highest BCUT2D eigenvalue weighted by Crippen LogP contribution is 1.99. The van der Waals surface area contributed by atoms with Crippen LogP contribution in [0, 0.1) is 0 Å². The zero-order valence-electron chi connectivity index (χ0n) is 6.35. The lowest BCUT2D eigenvalue weighted by Crippen LogP contribution is -2.30. The summed E-state index contributed by atoms with van der Waals surface area (Å²) in [7, 11) is 2.07. The second kappa shape index (κ2) is 6.20. The van der Waals surface area contributed by atoms with Crippen LogP contribution in [-0.4, -0.2) is 29.9 Å². The molecule has 0 radical (unpaired) electrons. The molecule has 0 rings (SSSR count). The van der Waals surface area contributed by atoms with Gasteiger partial charge in [0.15, 0.2) is 0 Å². The summed E-state index contributed by atoms with van der Waals surface area (Å²) in [6.07, 6.45) is 1.93. The maximum Gasteiger partial charge on any atom is 0.0185 e. The van der Waals surface area contributed by atoms with Crippen LogP contribution in [0.15, 0.2) is 11.6 Å². The summed E-state index contributed by atoms with van der Waals surface area (Å²) in [5.74, 6) is 0. The molecular weight excluding hydrogens is 213 g/mol. The Hall–Kier alpha value is 0.470. The molecule has 0 fully saturated rings. The number of rotatable bonds is 4. The Morgan fingerprint density at radius 2 is 2.30 bits per heavy atom. The average molecular weight is 227 g/mol. The Labute approximate surface area is 76.2 Å². The molecule has 0 heterocycles. The van der Waals surface area contributed by atoms with E-state index in [1.807, 2.05) is 6.08 Å². The molecule has 1 unspecified atom stereocenters. The highest BCUT2D eigenvalue weighted by atomic mass is 79.9. The van der Waals surface area contributed by atoms with Crippen molar-refractivity contribution in [2.24, 2.45) is 0 Å². The van der Waals surface area contributed by atoms with Crippen molar-refractivity contribution in [2.45, 2.75) is 13.0 Å². The van der Waals surface area contributed by atoms with E-state index in [0.29, 0.717) is 6.04 Å². The molecule has 0 aromatic rings. The Morgan fingerprint density at radius 1 is 1.70 bits per heavy atom. The number of alkyl halides is 1. The number of hydrogen-bond acceptors (Lipinski definition) is 1. The van der Waals surface area contributed by atoms with Gasteiger partial charge in [-0.15, -0.1) is 0 Å². The molecule has 0 saturated heterocycles. The molecular formula is C7H13BrClN. The lowest BCUT2D eigenvalue weighted by Gasteiger charge is -2.20. The molecule has 60 valence electrons. The van der Waals surface area contributed by atoms with E-state index < -0.39 is 0 Å². The first-order valence-electron chi connectivity index (χ1n) is 3.23. The molecule has 0 saturated carbocycles. The summed E-state index contributed by atoms with van der Waals surface area (Å²) in [5.41, 5.74) is 1.55. The lowest BCUT2D eigenvalue weighted by molar-refractivity contribution is 0.309. The third-order valence-electron chi connectivity index (χ3n) is 1.46. The molecule has 0 aliphatic rings. The topological polar surface area (TPSA) is 3.24 Å². The molecule has 0 aromatic heterocycles. The highest BCUT2D eigenvalue weighted by molar-refractivity contribution is 9.09. The van der Waals surface area contributed by atoms with Gasteiger partial charge in [-0.2, -0.15) is 0 Å². The molecule has 0 bridgehead atoms. The monoisotopic (exact) mass is 225 g/mol. The SMILES string of the molecule is CC(CBr)N(C)C/C=C/Cl. The van der Waals surface area contributed by atoms with E-state index in [9.17, 15) is 0 Å². The number of halogens is 2. The van der Waals surface area contributed by atoms with Gasteiger partial charge in [-0.25, -0.2) is 0 Å². The first kappa shape index (κ1) is 10.5. The molecule has 1 atom stereocenters. The summed E-state index contributed by atoms with van der Waals surface area (Å²) in [6, 6.07) is 0.563. The molecule has 0 aromatic carbocycles. The molecule has 3 heteroatoms. The fraction of sp³-hybridized carbons (Fsp3) is 0.714. The van der Waals surface area contributed by atoms with Crippen LogP contribution in [0.2, 0.25) is 0 Å². The normalized spacial score (nSPS) is 14.9. The largest absolute Gasteiger partial charge is 0.299 e. The minimum absolute atomic E-state index is 0.563. The summed E-state index contributed by atoms with van der Waals surface area (Å²) < 4.78 is 0. The van der Waals surface area contributed by atoms with E-state index in [4.69, 9.17) is 11.6 Å². The van der Waals surface area contributed by atoms with Gasteiger partial charge in [0, 0.05) is 23.5 Å². The van der Waals surface area contributed by atoms with Crippen LogP contribution >= 0.6 is 27.5 Å². The molecule has 10 heavy (non-hydrogen) atoms. The zero-order valence-corrected chi connectivity index (χ0v) is 8.69. The minimum atomic E-state index is 0.563. The van der Waals surface area contributed by atoms with E-state index in [0.717, 1.165) is 11.9 Å². The fourth-order valence-electron chi connectivity index (χ4n) is 0.504. The van der Waals surface area contributed by atoms with Gasteiger partial charge in [0.2, 0.25) is 0 Å². The molecule has 0 aliphatic carbocycles. The maximum atomic E-state index is 5.37. The first-order chi connectivity index (χ1) is 4.72. The van der Waals surface area contributed by atoms with E-state index >= 15 is 0 Å². The van der Waals surface area contributed by atoms with E-state index in [-0.39, 0.29) is 0 Å². The Bertz CT molecular complexity index is 106. The Kier molecular flexibility index (Phi) is 6.49. The van der Waals surface area contributed by atoms with Crippen molar-refractivity contribution >= 4 is 27.5 Å². The molecule has 1 nitrogen and oxygen atoms in total. The van der Waals surface area contributed by atoms with Crippen LogP contribution in [0.3, 0.4) is 0 Å². The average Bonchev–Trinajstić information content (AvgIpc) is 1.98. The van der Waals surface area contributed by atoms with E-state index in [1.165, 1.54) is 0 Å². The van der Waals surface area contributed by atoms with Crippen LogP contribution in [0.25, 0.3) is 0 Å². The predicted octanol–water partition coefficient (Wildman–Crippen LogP) is 2.45. The number of hydrogen-bond donors (Lipinski definition) is 0. The Balaban J connectivity index is 3.50. The van der Waals surface area contributed by atoms with Crippen molar-refractivity contribution in [1.82, 2.24) is 4.90 Å². The number of nitrogens with zero attached hydrogens (tertiary/aromatic N) is 1. The summed E-state index contributed by atoms with van der Waals surface area (Å²) in [4.78, 5) is 2.22. The van der Waals surface area contributed by atoms with E-state index in [2.05, 4.69) is 34.8 Å². The standard InChI is InChI=1S/C7H13BrClN/c1-7(6-8)10(2)5-3-4-9/h3-4,7H,5-6H2,1-2H3/b4-3+. The molecule has 0 spiro atoms. The van der Waals surface area contributed by atoms with Gasteiger partial charge in [-0.05, 0) is 14.0 Å². The Morgan fingerprint density at radius 3 is 2.70 bits per heavy atom. The third kappa shape index (κ3) is 4.31. The van der Waals surface area contributed by atoms with Crippen molar-refractivity contribution in [3.63, 3.8) is 0 Å². The second-order valence-corrected chi connectivity index (χ2v) is 3.20. The quantitative estimate of drug-likeness (QED) is 0.666. The summed E-state index contributed by atoms with van der Waals surface area (Å²) in [6.45, 7) is 3.08. The van der Waals surface area contributed by atoms with Crippen LogP contribution in [0.4, 0.5) is 0 Å². The fourth-order valence-corrected chi connectivity index (χ4v) is 1.08. The van der Waals surface area contributed by atoms with Gasteiger partial charge < -0.3 is 0 Å². The van der Waals surface area contributed by atoms with Crippen molar-refractivity contribution in [1.29, 1.82) is 0 Å². The van der Waals surface area contributed by atoms with Crippen molar-refractivity contribution < 1.29 is 0 Å². The summed E-state index contributed by atoms with van der Waals surface area (Å²) in [5, 5.41) is 1.000. The highest BCUT2D eigenvalue weighted by Gasteiger charge is 2.03. The van der Waals surface area contributed by atoms with Gasteiger partial charge in [0.1, 0.15) is 0 Å². The maximum absolute atomic E-state index is 5.37. The van der Waals surface area contributed by atoms with Crippen LogP contribution < -0.4 is 0 Å². The second-order valence-electron chi connectivity index (χ2n) is 2.30. The van der Waals surface area contributed by atoms with Crippen LogP contribution in [0.1, 0.15) is 6.92 Å². The van der Waals surface area contributed by atoms with Crippen LogP contribution in [0.5, 0.6) is 0 Å². The van der Waals surface area contributed by atoms with Gasteiger partial charge in [0.25, 0.3) is 0 Å². The smallest absolute Gasteiger partial charge is 0.0185 e. The zero-order chi connectivity index (χ0) is 7.98. The number of likely N-dealkylation sites (N-methyl/N-ethyl adjacent to an activating group) is 1. The third-order valence-corrected chi connectivity index (χ3v) is 2.57. The molecule has 0 N–H and O–H groups in total. The van der Waals surface area contributed by atoms with Crippen molar-refractivity contribution in [3.05, 3.63) is 11.6 Å². The van der Waals surface area contributed by atoms with Crippen molar-refractivity contribution in [2.75, 3.05) is 18.9 Å². The van der Waals surface area contributed by atoms with Gasteiger partial charge in [-0.3, -0.25) is 4.90 Å². The predicted molar refractivity (Wildman–Crippen MR) is 50.9 cm³/mol. The minimum Gasteiger partial charge on any atom is -0.299 e. The van der Waals surface area contributed by atoms with Gasteiger partial charge >= 0.3 is 0 Å². The van der Waals surface area contributed by atoms with Gasteiger partial charge in [0.05, 0.1) is 0 Å². The van der Waals surface area contributed by atoms with Gasteiger partial charge in [-0.1, -0.05) is 33.6 Å².